The molecule has 0 bridgehead atoms. The fourth-order valence-corrected chi connectivity index (χ4v) is 4.63. The second-order valence-electron chi connectivity index (χ2n) is 7.83. The van der Waals surface area contributed by atoms with Crippen LogP contribution in [-0.2, 0) is 14.3 Å². The van der Waals surface area contributed by atoms with E-state index in [1.165, 1.54) is 11.1 Å². The number of carbonyl (C=O) groups is 1. The molecule has 1 aromatic carbocycles. The van der Waals surface area contributed by atoms with Gasteiger partial charge in [0.15, 0.2) is 11.5 Å². The topological polar surface area (TPSA) is 48.0 Å². The molecule has 5 nitrogen and oxygen atoms in total. The third kappa shape index (κ3) is 3.61. The molecule has 4 rings (SSSR count). The number of ether oxygens (including phenoxy) is 3. The average Bonchev–Trinajstić information content (AvgIpc) is 3.28. The number of hydrogen-bond donors (Lipinski definition) is 0. The predicted octanol–water partition coefficient (Wildman–Crippen LogP) is 3.83. The smallest absolute Gasteiger partial charge is 0.231 e. The highest BCUT2D eigenvalue weighted by Crippen LogP contribution is 2.44. The molecule has 1 aliphatic carbocycles. The Balaban J connectivity index is 1.55. The minimum absolute atomic E-state index is 0.210. The van der Waals surface area contributed by atoms with Gasteiger partial charge in [-0.15, -0.1) is 0 Å². The van der Waals surface area contributed by atoms with Crippen molar-refractivity contribution in [1.29, 1.82) is 0 Å². The Morgan fingerprint density at radius 2 is 2.04 bits per heavy atom. The molecule has 0 N–H and O–H groups in total. The number of methoxy groups -OCH3 is 1. The van der Waals surface area contributed by atoms with Gasteiger partial charge in [0.05, 0.1) is 13.7 Å². The molecule has 0 amide bonds. The molecule has 3 aliphatic rings. The molecule has 3 unspecified atom stereocenters. The number of nitrogens with zero attached hydrogens (tertiary/aromatic N) is 1. The lowest BCUT2D eigenvalue weighted by Crippen LogP contribution is -2.30. The van der Waals surface area contributed by atoms with E-state index in [-0.39, 0.29) is 11.8 Å². The van der Waals surface area contributed by atoms with Crippen LogP contribution in [0.4, 0.5) is 0 Å². The number of allylic oxidation sites excluding steroid dienone is 2. The highest BCUT2D eigenvalue weighted by molar-refractivity contribution is 5.77. The molecule has 27 heavy (non-hydrogen) atoms. The van der Waals surface area contributed by atoms with Crippen LogP contribution in [0.2, 0.25) is 0 Å². The summed E-state index contributed by atoms with van der Waals surface area (Å²) in [6, 6.07) is 8.50. The summed E-state index contributed by atoms with van der Waals surface area (Å²) >= 11 is 0. The molecule has 5 heteroatoms. The summed E-state index contributed by atoms with van der Waals surface area (Å²) in [6.07, 6.45) is 4.27. The molecule has 0 aromatic heterocycles. The number of Topliss-reactive ketones (excluding diaryl/α,β-unsaturated/α-hetero) is 1. The molecular formula is C22H27NO4. The van der Waals surface area contributed by atoms with Crippen molar-refractivity contribution in [2.75, 3.05) is 27.0 Å². The summed E-state index contributed by atoms with van der Waals surface area (Å²) in [7, 11) is 1.68. The molecule has 2 fully saturated rings. The van der Waals surface area contributed by atoms with Gasteiger partial charge in [0.2, 0.25) is 6.79 Å². The average molecular weight is 369 g/mol. The minimum Gasteiger partial charge on any atom is -0.497 e. The number of benzene rings is 1. The van der Waals surface area contributed by atoms with Crippen LogP contribution in [0.1, 0.15) is 38.3 Å². The molecule has 2 saturated heterocycles. The second-order valence-corrected chi connectivity index (χ2v) is 7.83. The number of rotatable bonds is 5. The van der Waals surface area contributed by atoms with Crippen molar-refractivity contribution in [2.24, 2.45) is 11.8 Å². The lowest BCUT2D eigenvalue weighted by atomic mass is 9.81. The number of fused-ring (bicyclic) bond motifs is 1. The summed E-state index contributed by atoms with van der Waals surface area (Å²) in [5.41, 5.74) is 2.51. The Morgan fingerprint density at radius 3 is 2.74 bits per heavy atom. The normalized spacial score (nSPS) is 27.7. The fourth-order valence-electron chi connectivity index (χ4n) is 4.63. The Morgan fingerprint density at radius 1 is 1.26 bits per heavy atom. The molecule has 2 aliphatic heterocycles. The van der Waals surface area contributed by atoms with Gasteiger partial charge in [0, 0.05) is 12.6 Å². The maximum absolute atomic E-state index is 11.8. The Kier molecular flexibility index (Phi) is 4.96. The van der Waals surface area contributed by atoms with E-state index in [0.29, 0.717) is 25.2 Å². The van der Waals surface area contributed by atoms with Crippen LogP contribution in [0.5, 0.6) is 5.75 Å². The van der Waals surface area contributed by atoms with E-state index in [1.54, 1.807) is 14.0 Å². The third-order valence-electron chi connectivity index (χ3n) is 5.90. The quantitative estimate of drug-likeness (QED) is 0.789. The van der Waals surface area contributed by atoms with E-state index in [9.17, 15) is 4.79 Å². The van der Waals surface area contributed by atoms with Crippen molar-refractivity contribution < 1.29 is 19.0 Å². The van der Waals surface area contributed by atoms with E-state index < -0.39 is 0 Å². The first-order valence-corrected chi connectivity index (χ1v) is 9.60. The highest BCUT2D eigenvalue weighted by atomic mass is 16.7. The largest absolute Gasteiger partial charge is 0.497 e. The van der Waals surface area contributed by atoms with Crippen molar-refractivity contribution >= 4 is 5.78 Å². The van der Waals surface area contributed by atoms with Gasteiger partial charge < -0.3 is 14.2 Å². The first-order chi connectivity index (χ1) is 13.0. The monoisotopic (exact) mass is 369 g/mol. The zero-order valence-electron chi connectivity index (χ0n) is 16.2. The van der Waals surface area contributed by atoms with Gasteiger partial charge in [-0.05, 0) is 67.9 Å². The van der Waals surface area contributed by atoms with E-state index in [2.05, 4.69) is 30.0 Å². The van der Waals surface area contributed by atoms with Gasteiger partial charge in [0.1, 0.15) is 11.5 Å². The highest BCUT2D eigenvalue weighted by Gasteiger charge is 2.39. The molecule has 0 radical (unpaired) electrons. The van der Waals surface area contributed by atoms with Crippen molar-refractivity contribution in [3.05, 3.63) is 53.0 Å². The predicted molar refractivity (Wildman–Crippen MR) is 102 cm³/mol. The third-order valence-corrected chi connectivity index (χ3v) is 5.90. The number of likely N-dealkylation sites (tertiary alicyclic amines) is 1. The van der Waals surface area contributed by atoms with Crippen LogP contribution in [0.3, 0.4) is 0 Å². The zero-order chi connectivity index (χ0) is 19.0. The molecule has 1 aromatic rings. The molecule has 2 heterocycles. The maximum Gasteiger partial charge on any atom is 0.231 e. The Hall–Kier alpha value is -2.27. The SMILES string of the molecule is COc1ccc(C2CC(C3C=C4OCOC4=C(C)C3)CN2CC(C)=O)cc1. The van der Waals surface area contributed by atoms with Gasteiger partial charge >= 0.3 is 0 Å². The lowest BCUT2D eigenvalue weighted by molar-refractivity contribution is -0.118. The van der Waals surface area contributed by atoms with Crippen molar-refractivity contribution in [1.82, 2.24) is 4.90 Å². The van der Waals surface area contributed by atoms with E-state index in [1.807, 2.05) is 12.1 Å². The minimum atomic E-state index is 0.210. The van der Waals surface area contributed by atoms with Gasteiger partial charge in [-0.1, -0.05) is 12.1 Å². The maximum atomic E-state index is 11.8. The second kappa shape index (κ2) is 7.39. The standard InChI is InChI=1S/C22H27NO4/c1-14-8-17(10-21-22(14)27-13-26-21)18-9-20(23(12-18)11-15(2)24)16-4-6-19(25-3)7-5-16/h4-7,10,17-18,20H,8-9,11-13H2,1-3H3. The molecule has 3 atom stereocenters. The number of carbonyl (C=O) groups excluding carboxylic acids is 1. The van der Waals surface area contributed by atoms with Gasteiger partial charge in [-0.3, -0.25) is 9.69 Å². The molecule has 144 valence electrons. The van der Waals surface area contributed by atoms with Crippen molar-refractivity contribution in [3.8, 4) is 5.75 Å². The van der Waals surface area contributed by atoms with E-state index in [4.69, 9.17) is 14.2 Å². The molecular weight excluding hydrogens is 342 g/mol. The first-order valence-electron chi connectivity index (χ1n) is 9.60. The van der Waals surface area contributed by atoms with Gasteiger partial charge in [-0.25, -0.2) is 0 Å². The van der Waals surface area contributed by atoms with Crippen LogP contribution in [-0.4, -0.2) is 37.7 Å². The summed E-state index contributed by atoms with van der Waals surface area (Å²) in [5.74, 6) is 3.80. The van der Waals surface area contributed by atoms with E-state index >= 15 is 0 Å². The van der Waals surface area contributed by atoms with E-state index in [0.717, 1.165) is 36.7 Å². The lowest BCUT2D eigenvalue weighted by Gasteiger charge is -2.25. The van der Waals surface area contributed by atoms with Gasteiger partial charge in [0.25, 0.3) is 0 Å². The van der Waals surface area contributed by atoms with Crippen LogP contribution < -0.4 is 4.74 Å². The first kappa shape index (κ1) is 18.1. The summed E-state index contributed by atoms with van der Waals surface area (Å²) in [4.78, 5) is 14.2. The van der Waals surface area contributed by atoms with Gasteiger partial charge in [-0.2, -0.15) is 0 Å². The summed E-state index contributed by atoms with van der Waals surface area (Å²) in [5, 5.41) is 0. The van der Waals surface area contributed by atoms with Crippen LogP contribution in [0.15, 0.2) is 47.4 Å². The molecule has 0 spiro atoms. The van der Waals surface area contributed by atoms with Crippen LogP contribution in [0.25, 0.3) is 0 Å². The number of hydrogen-bond acceptors (Lipinski definition) is 5. The number of ketones is 1. The zero-order valence-corrected chi connectivity index (χ0v) is 16.2. The Labute approximate surface area is 160 Å². The van der Waals surface area contributed by atoms with Crippen molar-refractivity contribution in [2.45, 2.75) is 32.7 Å². The molecule has 0 saturated carbocycles. The Bertz CT molecular complexity index is 780. The fraction of sp³-hybridized carbons (Fsp3) is 0.500. The summed E-state index contributed by atoms with van der Waals surface area (Å²) < 4.78 is 16.5. The summed E-state index contributed by atoms with van der Waals surface area (Å²) in [6.45, 7) is 5.54. The van der Waals surface area contributed by atoms with Crippen molar-refractivity contribution in [3.63, 3.8) is 0 Å². The van der Waals surface area contributed by atoms with Crippen LogP contribution >= 0.6 is 0 Å². The van der Waals surface area contributed by atoms with Crippen LogP contribution in [0, 0.1) is 11.8 Å².